The van der Waals surface area contributed by atoms with Crippen LogP contribution in [0.3, 0.4) is 0 Å². The first-order chi connectivity index (χ1) is 20.8. The lowest BCUT2D eigenvalue weighted by molar-refractivity contribution is -0.136. The van der Waals surface area contributed by atoms with Gasteiger partial charge in [-0.15, -0.1) is 0 Å². The predicted octanol–water partition coefficient (Wildman–Crippen LogP) is 3.84. The molecular formula is C34H54N6O4. The minimum Gasteiger partial charge on any atom is -0.493 e. The third-order valence-electron chi connectivity index (χ3n) is 6.26. The molecule has 1 heterocycles. The summed E-state index contributed by atoms with van der Waals surface area (Å²) in [7, 11) is 1.54. The summed E-state index contributed by atoms with van der Waals surface area (Å²) in [6.07, 6.45) is 12.6. The van der Waals surface area contributed by atoms with Crippen LogP contribution in [-0.2, 0) is 19.1 Å². The molecule has 0 spiro atoms. The molecule has 1 aromatic rings. The molecular weight excluding hydrogens is 556 g/mol. The molecule has 2 unspecified atom stereocenters. The highest BCUT2D eigenvalue weighted by atomic mass is 16.5. The lowest BCUT2D eigenvalue weighted by atomic mass is 10.1. The van der Waals surface area contributed by atoms with Gasteiger partial charge in [0.15, 0.2) is 0 Å². The number of nitrogens with two attached hydrogens (primary N) is 1. The number of nitrogens with one attached hydrogen (secondary N) is 4. The summed E-state index contributed by atoms with van der Waals surface area (Å²) in [6.45, 7) is 17.1. The van der Waals surface area contributed by atoms with Gasteiger partial charge in [-0.1, -0.05) is 101 Å². The summed E-state index contributed by atoms with van der Waals surface area (Å²) in [6, 6.07) is 7.10. The normalized spacial score (nSPS) is 21.3. The van der Waals surface area contributed by atoms with Crippen molar-refractivity contribution in [3.63, 3.8) is 0 Å². The maximum atomic E-state index is 12.3. The van der Waals surface area contributed by atoms with Crippen LogP contribution in [0.5, 0.6) is 0 Å². The number of aryl methyl sites for hydroxylation is 1. The summed E-state index contributed by atoms with van der Waals surface area (Å²) in [4.78, 5) is 37.4. The molecule has 0 aromatic heterocycles. The van der Waals surface area contributed by atoms with Crippen LogP contribution in [0.2, 0.25) is 0 Å². The number of allylic oxidation sites excluding steroid dienone is 5. The van der Waals surface area contributed by atoms with Crippen molar-refractivity contribution >= 4 is 23.6 Å². The van der Waals surface area contributed by atoms with Gasteiger partial charge >= 0.3 is 0 Å². The number of amidine groups is 1. The number of hydrogen-bond acceptors (Lipinski definition) is 6. The fourth-order valence-electron chi connectivity index (χ4n) is 3.17. The average molecular weight is 611 g/mol. The zero-order valence-corrected chi connectivity index (χ0v) is 27.6. The molecule has 10 heteroatoms. The van der Waals surface area contributed by atoms with Gasteiger partial charge < -0.3 is 31.3 Å². The van der Waals surface area contributed by atoms with Gasteiger partial charge in [0.1, 0.15) is 18.2 Å². The molecule has 0 radical (unpaired) electrons. The maximum absolute atomic E-state index is 12.3. The average Bonchev–Trinajstić information content (AvgIpc) is 2.98. The van der Waals surface area contributed by atoms with Crippen molar-refractivity contribution in [2.45, 2.75) is 54.0 Å². The lowest BCUT2D eigenvalue weighted by Gasteiger charge is -2.21. The quantitative estimate of drug-likeness (QED) is 0.195. The van der Waals surface area contributed by atoms with Crippen molar-refractivity contribution in [2.75, 3.05) is 39.8 Å². The molecule has 10 nitrogen and oxygen atoms in total. The van der Waals surface area contributed by atoms with Gasteiger partial charge in [-0.25, -0.2) is 0 Å². The van der Waals surface area contributed by atoms with Gasteiger partial charge in [-0.2, -0.15) is 0 Å². The molecule has 0 bridgehead atoms. The van der Waals surface area contributed by atoms with Gasteiger partial charge in [0, 0.05) is 25.7 Å². The first-order valence-corrected chi connectivity index (χ1v) is 15.0. The monoisotopic (exact) mass is 610 g/mol. The number of ether oxygens (including phenoxy) is 1. The molecule has 1 aromatic carbocycles. The van der Waals surface area contributed by atoms with Gasteiger partial charge in [-0.3, -0.25) is 19.8 Å². The van der Waals surface area contributed by atoms with Crippen LogP contribution in [-0.4, -0.2) is 74.3 Å². The van der Waals surface area contributed by atoms with Crippen molar-refractivity contribution in [3.8, 4) is 0 Å². The van der Waals surface area contributed by atoms with E-state index in [4.69, 9.17) is 15.9 Å². The van der Waals surface area contributed by atoms with E-state index in [1.807, 2.05) is 68.5 Å². The Morgan fingerprint density at radius 2 is 1.73 bits per heavy atom. The molecule has 2 rings (SSSR count). The predicted molar refractivity (Wildman–Crippen MR) is 180 cm³/mol. The van der Waals surface area contributed by atoms with Gasteiger partial charge in [0.25, 0.3) is 0 Å². The largest absolute Gasteiger partial charge is 0.493 e. The second-order valence-corrected chi connectivity index (χ2v) is 10.9. The third kappa shape index (κ3) is 20.7. The molecule has 6 N–H and O–H groups in total. The van der Waals surface area contributed by atoms with Crippen LogP contribution in [0.4, 0.5) is 0 Å². The molecule has 0 aliphatic carbocycles. The number of hydrogen-bond donors (Lipinski definition) is 5. The van der Waals surface area contributed by atoms with Gasteiger partial charge in [0.05, 0.1) is 19.1 Å². The number of rotatable bonds is 2. The molecule has 0 fully saturated rings. The molecule has 0 saturated carbocycles. The molecule has 2 atom stereocenters. The van der Waals surface area contributed by atoms with E-state index in [1.165, 1.54) is 16.9 Å². The maximum Gasteiger partial charge on any atom is 0.240 e. The Kier molecular flexibility index (Phi) is 21.1. The second-order valence-electron chi connectivity index (χ2n) is 10.9. The molecule has 3 amide bonds. The Morgan fingerprint density at radius 1 is 1.09 bits per heavy atom. The van der Waals surface area contributed by atoms with Crippen molar-refractivity contribution in [2.24, 2.45) is 17.6 Å². The summed E-state index contributed by atoms with van der Waals surface area (Å²) in [5, 5.41) is 15.3. The number of nitrogens with zero attached hydrogens (tertiary/aromatic N) is 1. The Bertz CT molecular complexity index is 1130. The van der Waals surface area contributed by atoms with E-state index in [1.54, 1.807) is 20.0 Å². The fourth-order valence-corrected chi connectivity index (χ4v) is 3.17. The first kappa shape index (κ1) is 39.8. The molecule has 44 heavy (non-hydrogen) atoms. The van der Waals surface area contributed by atoms with E-state index in [9.17, 15) is 14.4 Å². The molecule has 0 saturated heterocycles. The minimum atomic E-state index is -0.474. The summed E-state index contributed by atoms with van der Waals surface area (Å²) in [5.74, 6) is 0.814. The van der Waals surface area contributed by atoms with Crippen LogP contribution in [0, 0.1) is 24.2 Å². The SMILES string of the molecule is C=C1/C=C\C=C/C(C)/C=C/CNC(=O)CNC(=O)CN(C)C(=O)C(C)NCCO1.CCC(C)C.Cc1ccc(C(=N)N)cc1. The van der Waals surface area contributed by atoms with Crippen molar-refractivity contribution in [1.82, 2.24) is 20.9 Å². The Hall–Kier alpha value is -4.18. The highest BCUT2D eigenvalue weighted by Crippen LogP contribution is 2.02. The number of nitrogen functional groups attached to an aromatic ring is 1. The van der Waals surface area contributed by atoms with E-state index >= 15 is 0 Å². The summed E-state index contributed by atoms with van der Waals surface area (Å²) >= 11 is 0. The van der Waals surface area contributed by atoms with E-state index in [0.717, 1.165) is 11.5 Å². The third-order valence-corrected chi connectivity index (χ3v) is 6.26. The van der Waals surface area contributed by atoms with E-state index in [0.29, 0.717) is 25.5 Å². The number of carbonyl (C=O) groups excluding carboxylic acids is 3. The zero-order valence-electron chi connectivity index (χ0n) is 27.6. The number of amides is 3. The fraction of sp³-hybridized carbons (Fsp3) is 0.471. The number of likely N-dealkylation sites (N-methyl/N-ethyl adjacent to an activating group) is 1. The van der Waals surface area contributed by atoms with Gasteiger partial charge in [-0.05, 0) is 31.8 Å². The van der Waals surface area contributed by atoms with Crippen LogP contribution < -0.4 is 21.7 Å². The van der Waals surface area contributed by atoms with Gasteiger partial charge in [0.2, 0.25) is 17.7 Å². The van der Waals surface area contributed by atoms with E-state index in [-0.39, 0.29) is 36.7 Å². The number of benzene rings is 1. The van der Waals surface area contributed by atoms with E-state index in [2.05, 4.69) is 43.3 Å². The van der Waals surface area contributed by atoms with Crippen molar-refractivity contribution < 1.29 is 19.1 Å². The minimum absolute atomic E-state index is 0.125. The van der Waals surface area contributed by atoms with Crippen LogP contribution in [0.15, 0.2) is 73.1 Å². The number of carbonyl (C=O) groups is 3. The van der Waals surface area contributed by atoms with Crippen molar-refractivity contribution in [3.05, 3.63) is 84.2 Å². The topological polar surface area (TPSA) is 150 Å². The summed E-state index contributed by atoms with van der Waals surface area (Å²) < 4.78 is 5.50. The molecule has 1 aliphatic heterocycles. The standard InChI is InChI=1S/C21H32N4O4.C8H10N2.C5H12/c1-16-8-5-6-10-17(2)29-13-12-22-18(3)21(28)25(4)15-20(27)24-14-19(26)23-11-7-9-16;1-6-2-4-7(5-3-6)8(9)10;1-4-5(2)3/h5-10,16,18,22H,2,11-15H2,1,3-4H3,(H,23,26)(H,24,27);2-5H,1H3,(H3,9,10);5H,4H2,1-3H3/b8-5-,9-7+,10-6-;;. The molecule has 1 aliphatic rings. The highest BCUT2D eigenvalue weighted by Gasteiger charge is 2.19. The van der Waals surface area contributed by atoms with Crippen LogP contribution >= 0.6 is 0 Å². The van der Waals surface area contributed by atoms with Crippen molar-refractivity contribution in [1.29, 1.82) is 5.41 Å². The highest BCUT2D eigenvalue weighted by molar-refractivity contribution is 5.94. The zero-order chi connectivity index (χ0) is 33.5. The Morgan fingerprint density at radius 3 is 2.32 bits per heavy atom. The summed E-state index contributed by atoms with van der Waals surface area (Å²) in [5.41, 5.74) is 7.22. The van der Waals surface area contributed by atoms with E-state index < -0.39 is 11.9 Å². The Labute approximate surface area is 264 Å². The second kappa shape index (κ2) is 23.3. The van der Waals surface area contributed by atoms with Crippen LogP contribution in [0.1, 0.15) is 52.2 Å². The molecule has 244 valence electrons. The smallest absolute Gasteiger partial charge is 0.240 e. The first-order valence-electron chi connectivity index (χ1n) is 15.0. The lowest BCUT2D eigenvalue weighted by Crippen LogP contribution is -2.48. The van der Waals surface area contributed by atoms with Crippen LogP contribution in [0.25, 0.3) is 0 Å². The Balaban J connectivity index is 0.00000100.